The molecular weight excluding hydrogens is 448 g/mol. The Balaban J connectivity index is 1.31. The van der Waals surface area contributed by atoms with E-state index in [1.165, 1.54) is 0 Å². The summed E-state index contributed by atoms with van der Waals surface area (Å²) in [4.78, 5) is 30.3. The average molecular weight is 485 g/mol. The molecule has 0 bridgehead atoms. The van der Waals surface area contributed by atoms with Crippen LogP contribution < -0.4 is 10.6 Å². The Morgan fingerprint density at radius 1 is 0.778 bits per heavy atom. The van der Waals surface area contributed by atoms with E-state index in [2.05, 4.69) is 20.4 Å². The molecule has 4 rings (SSSR count). The normalized spacial score (nSPS) is 15.4. The molecule has 1 heterocycles. The summed E-state index contributed by atoms with van der Waals surface area (Å²) in [6, 6.07) is 25.7. The number of hydrogen-bond acceptors (Lipinski definition) is 4. The third-order valence-corrected chi connectivity index (χ3v) is 7.00. The summed E-state index contributed by atoms with van der Waals surface area (Å²) in [5.74, 6) is 0.00846. The lowest BCUT2D eigenvalue weighted by Gasteiger charge is -2.37. The minimum atomic E-state index is -0.259. The fourth-order valence-corrected chi connectivity index (χ4v) is 4.78. The van der Waals surface area contributed by atoms with Crippen molar-refractivity contribution in [3.63, 3.8) is 0 Å². The van der Waals surface area contributed by atoms with E-state index in [1.54, 1.807) is 0 Å². The van der Waals surface area contributed by atoms with E-state index in [1.807, 2.05) is 99.6 Å². The number of nitrogens with one attached hydrogen (secondary N) is 2. The first-order chi connectivity index (χ1) is 17.4. The van der Waals surface area contributed by atoms with Crippen LogP contribution in [-0.2, 0) is 9.59 Å². The molecule has 0 aromatic heterocycles. The molecule has 0 saturated carbocycles. The maximum absolute atomic E-state index is 13.3. The lowest BCUT2D eigenvalue weighted by Crippen LogP contribution is -2.55. The summed E-state index contributed by atoms with van der Waals surface area (Å²) in [6.07, 6.45) is 0. The topological polar surface area (TPSA) is 64.7 Å². The number of rotatable bonds is 8. The number of nitrogens with zero attached hydrogens (tertiary/aromatic N) is 2. The highest BCUT2D eigenvalue weighted by atomic mass is 16.2. The smallest absolute Gasteiger partial charge is 0.238 e. The number of benzene rings is 3. The minimum absolute atomic E-state index is 0.000190. The molecule has 6 heteroatoms. The Kier molecular flexibility index (Phi) is 8.52. The molecule has 2 amide bonds. The molecule has 6 nitrogen and oxygen atoms in total. The van der Waals surface area contributed by atoms with Gasteiger partial charge in [0, 0.05) is 31.9 Å². The summed E-state index contributed by atoms with van der Waals surface area (Å²) in [5.41, 5.74) is 5.15. The Hall–Kier alpha value is -3.48. The van der Waals surface area contributed by atoms with E-state index < -0.39 is 0 Å². The van der Waals surface area contributed by atoms with E-state index in [-0.39, 0.29) is 23.9 Å². The zero-order valence-corrected chi connectivity index (χ0v) is 21.4. The number of carbonyl (C=O) groups excluding carboxylic acids is 2. The molecule has 36 heavy (non-hydrogen) atoms. The molecule has 188 valence electrons. The lowest BCUT2D eigenvalue weighted by molar-refractivity contribution is -0.127. The Morgan fingerprint density at radius 2 is 1.31 bits per heavy atom. The van der Waals surface area contributed by atoms with Crippen LogP contribution in [0.4, 0.5) is 5.69 Å². The lowest BCUT2D eigenvalue weighted by atomic mass is 9.98. The number of hydrogen-bond donors (Lipinski definition) is 2. The molecule has 0 spiro atoms. The van der Waals surface area contributed by atoms with Crippen LogP contribution in [0, 0.1) is 13.8 Å². The average Bonchev–Trinajstić information content (AvgIpc) is 2.90. The molecule has 3 aromatic carbocycles. The highest BCUT2D eigenvalue weighted by Crippen LogP contribution is 2.23. The molecule has 0 aliphatic carbocycles. The van der Waals surface area contributed by atoms with Crippen molar-refractivity contribution in [1.29, 1.82) is 0 Å². The van der Waals surface area contributed by atoms with Crippen molar-refractivity contribution in [2.24, 2.45) is 0 Å². The maximum Gasteiger partial charge on any atom is 0.238 e. The second kappa shape index (κ2) is 12.0. The van der Waals surface area contributed by atoms with Crippen LogP contribution in [0.3, 0.4) is 0 Å². The number of aryl methyl sites for hydroxylation is 2. The summed E-state index contributed by atoms with van der Waals surface area (Å²) in [7, 11) is 0. The predicted octanol–water partition coefficient (Wildman–Crippen LogP) is 4.15. The molecule has 1 atom stereocenters. The van der Waals surface area contributed by atoms with Gasteiger partial charge in [-0.3, -0.25) is 19.4 Å². The van der Waals surface area contributed by atoms with Gasteiger partial charge in [-0.1, -0.05) is 78.9 Å². The van der Waals surface area contributed by atoms with Gasteiger partial charge in [0.25, 0.3) is 0 Å². The zero-order valence-electron chi connectivity index (χ0n) is 21.4. The number of piperazine rings is 1. The van der Waals surface area contributed by atoms with E-state index in [0.29, 0.717) is 6.54 Å². The monoisotopic (exact) mass is 484 g/mol. The Bertz CT molecular complexity index is 1100. The van der Waals surface area contributed by atoms with Crippen LogP contribution in [0.5, 0.6) is 0 Å². The zero-order chi connectivity index (χ0) is 25.5. The molecule has 2 N–H and O–H groups in total. The van der Waals surface area contributed by atoms with Gasteiger partial charge in [-0.25, -0.2) is 0 Å². The SMILES string of the molecule is Cc1cccc(C)c1NC(=O)CN1CCN(C(C)C(=O)NC(c2ccccc2)c2ccccc2)CC1. The third kappa shape index (κ3) is 6.39. The van der Waals surface area contributed by atoms with Crippen LogP contribution in [0.25, 0.3) is 0 Å². The first-order valence-electron chi connectivity index (χ1n) is 12.6. The van der Waals surface area contributed by atoms with Crippen molar-refractivity contribution >= 4 is 17.5 Å². The first kappa shape index (κ1) is 25.6. The van der Waals surface area contributed by atoms with Crippen molar-refractivity contribution in [1.82, 2.24) is 15.1 Å². The van der Waals surface area contributed by atoms with E-state index in [9.17, 15) is 9.59 Å². The number of para-hydroxylation sites is 1. The van der Waals surface area contributed by atoms with Crippen molar-refractivity contribution in [3.05, 3.63) is 101 Å². The van der Waals surface area contributed by atoms with Crippen LogP contribution >= 0.6 is 0 Å². The first-order valence-corrected chi connectivity index (χ1v) is 12.6. The minimum Gasteiger partial charge on any atom is -0.344 e. The van der Waals surface area contributed by atoms with Gasteiger partial charge in [0.15, 0.2) is 0 Å². The molecule has 3 aromatic rings. The van der Waals surface area contributed by atoms with Crippen molar-refractivity contribution in [2.45, 2.75) is 32.9 Å². The van der Waals surface area contributed by atoms with Crippen molar-refractivity contribution in [2.75, 3.05) is 38.0 Å². The Labute approximate surface area is 214 Å². The van der Waals surface area contributed by atoms with Gasteiger partial charge in [0.1, 0.15) is 0 Å². The summed E-state index contributed by atoms with van der Waals surface area (Å²) in [5, 5.41) is 6.34. The molecule has 1 saturated heterocycles. The summed E-state index contributed by atoms with van der Waals surface area (Å²) in [6.45, 7) is 9.32. The number of amides is 2. The van der Waals surface area contributed by atoms with Gasteiger partial charge in [-0.2, -0.15) is 0 Å². The largest absolute Gasteiger partial charge is 0.344 e. The highest BCUT2D eigenvalue weighted by Gasteiger charge is 2.28. The maximum atomic E-state index is 13.3. The van der Waals surface area contributed by atoms with Gasteiger partial charge >= 0.3 is 0 Å². The van der Waals surface area contributed by atoms with Gasteiger partial charge in [0.05, 0.1) is 18.6 Å². The van der Waals surface area contributed by atoms with E-state index in [4.69, 9.17) is 0 Å². The van der Waals surface area contributed by atoms with Gasteiger partial charge in [-0.15, -0.1) is 0 Å². The number of carbonyl (C=O) groups is 2. The molecular formula is C30H36N4O2. The van der Waals surface area contributed by atoms with Crippen LogP contribution in [0.1, 0.15) is 35.2 Å². The van der Waals surface area contributed by atoms with Crippen LogP contribution in [0.15, 0.2) is 78.9 Å². The standard InChI is InChI=1S/C30H36N4O2/c1-22-11-10-12-23(2)28(22)31-27(35)21-33-17-19-34(20-18-33)24(3)30(36)32-29(25-13-6-4-7-14-25)26-15-8-5-9-16-26/h4-16,24,29H,17-21H2,1-3H3,(H,31,35)(H,32,36). The fraction of sp³-hybridized carbons (Fsp3) is 0.333. The molecule has 1 aliphatic heterocycles. The number of anilines is 1. The van der Waals surface area contributed by atoms with Crippen LogP contribution in [0.2, 0.25) is 0 Å². The second-order valence-corrected chi connectivity index (χ2v) is 9.57. The predicted molar refractivity (Wildman–Crippen MR) is 145 cm³/mol. The highest BCUT2D eigenvalue weighted by molar-refractivity contribution is 5.93. The molecule has 1 unspecified atom stereocenters. The van der Waals surface area contributed by atoms with Gasteiger partial charge < -0.3 is 10.6 Å². The molecule has 1 fully saturated rings. The summed E-state index contributed by atoms with van der Waals surface area (Å²) >= 11 is 0. The van der Waals surface area contributed by atoms with E-state index in [0.717, 1.165) is 54.1 Å². The van der Waals surface area contributed by atoms with Crippen molar-refractivity contribution < 1.29 is 9.59 Å². The quantitative estimate of drug-likeness (QED) is 0.504. The van der Waals surface area contributed by atoms with E-state index >= 15 is 0 Å². The molecule has 0 radical (unpaired) electrons. The van der Waals surface area contributed by atoms with Gasteiger partial charge in [-0.05, 0) is 43.0 Å². The second-order valence-electron chi connectivity index (χ2n) is 9.57. The van der Waals surface area contributed by atoms with Crippen molar-refractivity contribution in [3.8, 4) is 0 Å². The fourth-order valence-electron chi connectivity index (χ4n) is 4.78. The molecule has 1 aliphatic rings. The van der Waals surface area contributed by atoms with Crippen LogP contribution in [-0.4, -0.2) is 60.4 Å². The Morgan fingerprint density at radius 3 is 1.83 bits per heavy atom. The summed E-state index contributed by atoms with van der Waals surface area (Å²) < 4.78 is 0. The van der Waals surface area contributed by atoms with Gasteiger partial charge in [0.2, 0.25) is 11.8 Å². The third-order valence-electron chi connectivity index (χ3n) is 7.00.